The smallest absolute Gasteiger partial charge is 0.260 e. The highest BCUT2D eigenvalue weighted by Crippen LogP contribution is 2.32. The Kier molecular flexibility index (Phi) is 6.28. The van der Waals surface area contributed by atoms with E-state index in [-0.39, 0.29) is 5.56 Å². The van der Waals surface area contributed by atoms with Crippen molar-refractivity contribution in [3.05, 3.63) is 82.2 Å². The Morgan fingerprint density at radius 2 is 1.74 bits per heavy atom. The number of piperazine rings is 1. The molecule has 2 aromatic heterocycles. The number of hydrogen-bond acceptors (Lipinski definition) is 6. The molecule has 35 heavy (non-hydrogen) atoms. The summed E-state index contributed by atoms with van der Waals surface area (Å²) in [5, 5.41) is 4.50. The largest absolute Gasteiger partial charge is 0.369 e. The first-order chi connectivity index (χ1) is 17.0. The molecule has 1 saturated heterocycles. The third-order valence-corrected chi connectivity index (χ3v) is 6.83. The predicted molar refractivity (Wildman–Crippen MR) is 145 cm³/mol. The van der Waals surface area contributed by atoms with Gasteiger partial charge in [-0.3, -0.25) is 9.36 Å². The van der Waals surface area contributed by atoms with Crippen LogP contribution >= 0.6 is 11.6 Å². The van der Waals surface area contributed by atoms with Gasteiger partial charge in [0.25, 0.3) is 5.56 Å². The number of halogens is 1. The Hall–Kier alpha value is -3.68. The zero-order chi connectivity index (χ0) is 24.5. The Morgan fingerprint density at radius 1 is 1.03 bits per heavy atom. The van der Waals surface area contributed by atoms with Gasteiger partial charge in [0, 0.05) is 66.8 Å². The first-order valence-electron chi connectivity index (χ1n) is 11.5. The van der Waals surface area contributed by atoms with Crippen molar-refractivity contribution < 1.29 is 0 Å². The van der Waals surface area contributed by atoms with Crippen LogP contribution in [0.15, 0.2) is 66.1 Å². The maximum Gasteiger partial charge on any atom is 0.260 e. The average Bonchev–Trinajstić information content (AvgIpc) is 2.88. The fraction of sp³-hybridized carbons (Fsp3) is 0.222. The highest BCUT2D eigenvalue weighted by atomic mass is 35.5. The molecular formula is C27H27ClN6O. The van der Waals surface area contributed by atoms with Gasteiger partial charge in [-0.2, -0.15) is 4.98 Å². The highest BCUT2D eigenvalue weighted by molar-refractivity contribution is 6.33. The fourth-order valence-electron chi connectivity index (χ4n) is 4.48. The third kappa shape index (κ3) is 4.40. The summed E-state index contributed by atoms with van der Waals surface area (Å²) in [5.41, 5.74) is 4.23. The molecule has 0 amide bonds. The van der Waals surface area contributed by atoms with Crippen molar-refractivity contribution in [3.8, 4) is 11.1 Å². The van der Waals surface area contributed by atoms with Crippen molar-refractivity contribution >= 4 is 46.0 Å². The molecule has 1 aliphatic rings. The Bertz CT molecular complexity index is 1460. The molecule has 0 radical (unpaired) electrons. The number of rotatable bonds is 5. The molecule has 1 fully saturated rings. The van der Waals surface area contributed by atoms with Crippen LogP contribution in [0, 0.1) is 0 Å². The summed E-state index contributed by atoms with van der Waals surface area (Å²) in [6.07, 6.45) is 3.38. The maximum absolute atomic E-state index is 13.4. The van der Waals surface area contributed by atoms with Gasteiger partial charge in [0.1, 0.15) is 5.65 Å². The number of likely N-dealkylation sites (N-methyl/N-ethyl adjacent to an activating group) is 1. The second-order valence-electron chi connectivity index (χ2n) is 8.73. The number of aromatic nitrogens is 3. The van der Waals surface area contributed by atoms with Crippen LogP contribution < -0.4 is 15.8 Å². The number of fused-ring (bicyclic) bond motifs is 1. The third-order valence-electron chi connectivity index (χ3n) is 6.50. The van der Waals surface area contributed by atoms with E-state index in [0.29, 0.717) is 33.3 Å². The molecule has 7 nitrogen and oxygen atoms in total. The van der Waals surface area contributed by atoms with E-state index in [1.807, 2.05) is 30.3 Å². The lowest BCUT2D eigenvalue weighted by molar-refractivity contribution is 0.313. The molecule has 178 valence electrons. The molecule has 4 aromatic rings. The molecular weight excluding hydrogens is 460 g/mol. The van der Waals surface area contributed by atoms with Gasteiger partial charge in [-0.05, 0) is 42.9 Å². The maximum atomic E-state index is 13.4. The molecule has 1 N–H and O–H groups in total. The molecule has 2 aromatic carbocycles. The van der Waals surface area contributed by atoms with Gasteiger partial charge >= 0.3 is 0 Å². The van der Waals surface area contributed by atoms with Crippen molar-refractivity contribution in [2.24, 2.45) is 7.05 Å². The summed E-state index contributed by atoms with van der Waals surface area (Å²) in [6.45, 7) is 8.11. The SMILES string of the molecule is C=Cc1c(-c2ccccc2Cl)c(=O)n(C)c2nc(Nc3ccc(N4CCN(C)CC4)cc3)ncc12. The van der Waals surface area contributed by atoms with Crippen LogP contribution in [0.5, 0.6) is 0 Å². The number of benzene rings is 2. The minimum atomic E-state index is -0.193. The van der Waals surface area contributed by atoms with Crippen LogP contribution in [-0.4, -0.2) is 52.7 Å². The number of anilines is 3. The predicted octanol–water partition coefficient (Wildman–Crippen LogP) is 4.79. The molecule has 5 rings (SSSR count). The van der Waals surface area contributed by atoms with Gasteiger partial charge in [0.15, 0.2) is 0 Å². The normalized spacial score (nSPS) is 14.3. The van der Waals surface area contributed by atoms with Crippen molar-refractivity contribution in [2.45, 2.75) is 0 Å². The second-order valence-corrected chi connectivity index (χ2v) is 9.14. The summed E-state index contributed by atoms with van der Waals surface area (Å²) >= 11 is 6.42. The summed E-state index contributed by atoms with van der Waals surface area (Å²) in [4.78, 5) is 27.3. The minimum absolute atomic E-state index is 0.193. The van der Waals surface area contributed by atoms with Crippen molar-refractivity contribution in [1.29, 1.82) is 0 Å². The average molecular weight is 487 g/mol. The van der Waals surface area contributed by atoms with Crippen LogP contribution in [0.3, 0.4) is 0 Å². The van der Waals surface area contributed by atoms with Gasteiger partial charge in [0.05, 0.1) is 5.56 Å². The van der Waals surface area contributed by atoms with E-state index in [4.69, 9.17) is 11.6 Å². The lowest BCUT2D eigenvalue weighted by Crippen LogP contribution is -2.44. The zero-order valence-electron chi connectivity index (χ0n) is 19.8. The molecule has 1 aliphatic heterocycles. The van der Waals surface area contributed by atoms with Gasteiger partial charge in [0.2, 0.25) is 5.95 Å². The van der Waals surface area contributed by atoms with E-state index in [1.54, 1.807) is 25.4 Å². The number of nitrogens with one attached hydrogen (secondary N) is 1. The first kappa shape index (κ1) is 23.1. The second kappa shape index (κ2) is 9.52. The van der Waals surface area contributed by atoms with E-state index in [1.165, 1.54) is 10.3 Å². The Labute approximate surface area is 209 Å². The lowest BCUT2D eigenvalue weighted by Gasteiger charge is -2.34. The molecule has 0 spiro atoms. The Morgan fingerprint density at radius 3 is 2.43 bits per heavy atom. The lowest BCUT2D eigenvalue weighted by atomic mass is 9.99. The van der Waals surface area contributed by atoms with Crippen LogP contribution in [-0.2, 0) is 7.05 Å². The Balaban J connectivity index is 1.48. The topological polar surface area (TPSA) is 66.3 Å². The van der Waals surface area contributed by atoms with Crippen LogP contribution in [0.2, 0.25) is 5.02 Å². The number of nitrogens with zero attached hydrogens (tertiary/aromatic N) is 5. The van der Waals surface area contributed by atoms with Crippen molar-refractivity contribution in [2.75, 3.05) is 43.4 Å². The summed E-state index contributed by atoms with van der Waals surface area (Å²) in [5.74, 6) is 0.417. The molecule has 8 heteroatoms. The molecule has 3 heterocycles. The highest BCUT2D eigenvalue weighted by Gasteiger charge is 2.19. The fourth-order valence-corrected chi connectivity index (χ4v) is 4.71. The van der Waals surface area contributed by atoms with Gasteiger partial charge in [-0.25, -0.2) is 4.98 Å². The van der Waals surface area contributed by atoms with Crippen LogP contribution in [0.25, 0.3) is 28.2 Å². The molecule has 0 aliphatic carbocycles. The molecule has 0 unspecified atom stereocenters. The number of hydrogen-bond donors (Lipinski definition) is 1. The quantitative estimate of drug-likeness (QED) is 0.437. The summed E-state index contributed by atoms with van der Waals surface area (Å²) < 4.78 is 1.53. The number of pyridine rings is 1. The summed E-state index contributed by atoms with van der Waals surface area (Å²) in [7, 11) is 3.86. The number of aryl methyl sites for hydroxylation is 1. The van der Waals surface area contributed by atoms with Crippen molar-refractivity contribution in [1.82, 2.24) is 19.4 Å². The van der Waals surface area contributed by atoms with E-state index >= 15 is 0 Å². The van der Waals surface area contributed by atoms with E-state index in [9.17, 15) is 4.79 Å². The zero-order valence-corrected chi connectivity index (χ0v) is 20.6. The van der Waals surface area contributed by atoms with Crippen LogP contribution in [0.4, 0.5) is 17.3 Å². The molecule has 0 saturated carbocycles. The molecule has 0 atom stereocenters. The van der Waals surface area contributed by atoms with E-state index in [2.05, 4.69) is 50.8 Å². The standard InChI is InChI=1S/C27H27ClN6O/c1-4-20-22-17-29-27(30-18-9-11-19(12-10-18)34-15-13-32(2)14-16-34)31-25(22)33(3)26(35)24(20)21-7-5-6-8-23(21)28/h4-12,17H,1,13-16H2,2-3H3,(H,29,30,31). The molecule has 0 bridgehead atoms. The van der Waals surface area contributed by atoms with E-state index < -0.39 is 0 Å². The van der Waals surface area contributed by atoms with E-state index in [0.717, 1.165) is 37.3 Å². The first-order valence-corrected chi connectivity index (χ1v) is 11.9. The van der Waals surface area contributed by atoms with Gasteiger partial charge < -0.3 is 15.1 Å². The van der Waals surface area contributed by atoms with Crippen LogP contribution in [0.1, 0.15) is 5.56 Å². The van der Waals surface area contributed by atoms with Gasteiger partial charge in [-0.15, -0.1) is 0 Å². The van der Waals surface area contributed by atoms with Gasteiger partial charge in [-0.1, -0.05) is 42.5 Å². The monoisotopic (exact) mass is 486 g/mol. The minimum Gasteiger partial charge on any atom is -0.369 e. The summed E-state index contributed by atoms with van der Waals surface area (Å²) in [6, 6.07) is 15.6. The van der Waals surface area contributed by atoms with Crippen molar-refractivity contribution in [3.63, 3.8) is 0 Å².